The molecule has 0 saturated carbocycles. The fourth-order valence-corrected chi connectivity index (χ4v) is 3.40. The predicted octanol–water partition coefficient (Wildman–Crippen LogP) is 2.04. The summed E-state index contributed by atoms with van der Waals surface area (Å²) in [5.41, 5.74) is 0.334. The van der Waals surface area contributed by atoms with E-state index in [2.05, 4.69) is 10.6 Å². The number of carbonyl (C=O) groups is 1. The molecule has 1 amide bonds. The van der Waals surface area contributed by atoms with Crippen molar-refractivity contribution in [1.82, 2.24) is 10.6 Å². The quantitative estimate of drug-likeness (QED) is 0.640. The molecule has 120 valence electrons. The normalized spacial score (nSPS) is 18.7. The van der Waals surface area contributed by atoms with Gasteiger partial charge in [0.15, 0.2) is 0 Å². The van der Waals surface area contributed by atoms with E-state index in [9.17, 15) is 14.9 Å². The minimum Gasteiger partial charge on any atom is -0.347 e. The van der Waals surface area contributed by atoms with E-state index in [-0.39, 0.29) is 17.6 Å². The van der Waals surface area contributed by atoms with Gasteiger partial charge in [-0.25, -0.2) is 0 Å². The second kappa shape index (κ2) is 7.11. The van der Waals surface area contributed by atoms with Gasteiger partial charge in [0.25, 0.3) is 5.69 Å². The van der Waals surface area contributed by atoms with Crippen LogP contribution in [-0.2, 0) is 10.3 Å². The number of nitrogens with one attached hydrogen (secondary N) is 2. The summed E-state index contributed by atoms with van der Waals surface area (Å²) >= 11 is 1.86. The Bertz CT molecular complexity index is 539. The number of carbonyl (C=O) groups excluding carboxylic acids is 1. The Kier molecular flexibility index (Phi) is 5.42. The number of nitrogens with zero attached hydrogens (tertiary/aromatic N) is 1. The Morgan fingerprint density at radius 2 is 2.14 bits per heavy atom. The lowest BCUT2D eigenvalue weighted by atomic mass is 9.93. The molecule has 6 nitrogen and oxygen atoms in total. The minimum absolute atomic E-state index is 0.0108. The molecule has 2 rings (SSSR count). The number of nitro groups is 1. The van der Waals surface area contributed by atoms with E-state index in [0.29, 0.717) is 6.42 Å². The number of non-ortho nitro benzene ring substituents is 1. The highest BCUT2D eigenvalue weighted by atomic mass is 32.2. The van der Waals surface area contributed by atoms with Gasteiger partial charge < -0.3 is 10.6 Å². The topological polar surface area (TPSA) is 84.3 Å². The van der Waals surface area contributed by atoms with E-state index < -0.39 is 10.5 Å². The van der Waals surface area contributed by atoms with E-state index in [1.165, 1.54) is 12.1 Å². The summed E-state index contributed by atoms with van der Waals surface area (Å²) in [6.07, 6.45) is 0.448. The SMILES string of the molecule is CC(C)(NC(=O)CC1CSCCN1)c1ccc([N+](=O)[O-])cc1. The molecule has 2 N–H and O–H groups in total. The number of amides is 1. The monoisotopic (exact) mass is 323 g/mol. The maximum Gasteiger partial charge on any atom is 0.269 e. The molecule has 1 atom stereocenters. The number of hydrogen-bond donors (Lipinski definition) is 2. The van der Waals surface area contributed by atoms with Gasteiger partial charge in [-0.2, -0.15) is 11.8 Å². The lowest BCUT2D eigenvalue weighted by Gasteiger charge is -2.29. The van der Waals surface area contributed by atoms with Crippen LogP contribution in [0.15, 0.2) is 24.3 Å². The standard InChI is InChI=1S/C15H21N3O3S/c1-15(2,11-3-5-13(6-4-11)18(20)21)17-14(19)9-12-10-22-8-7-16-12/h3-6,12,16H,7-10H2,1-2H3,(H,17,19). The smallest absolute Gasteiger partial charge is 0.269 e. The first kappa shape index (κ1) is 16.8. The third-order valence-corrected chi connectivity index (χ3v) is 4.81. The Morgan fingerprint density at radius 3 is 2.68 bits per heavy atom. The number of nitro benzene ring substituents is 1. The van der Waals surface area contributed by atoms with Crippen LogP contribution in [0.1, 0.15) is 25.8 Å². The van der Waals surface area contributed by atoms with Gasteiger partial charge in [-0.15, -0.1) is 0 Å². The number of hydrogen-bond acceptors (Lipinski definition) is 5. The van der Waals surface area contributed by atoms with Crippen LogP contribution in [0.4, 0.5) is 5.69 Å². The molecular formula is C15H21N3O3S. The molecule has 1 aromatic rings. The van der Waals surface area contributed by atoms with Gasteiger partial charge in [0.05, 0.1) is 10.5 Å². The average Bonchev–Trinajstić information content (AvgIpc) is 2.47. The van der Waals surface area contributed by atoms with Crippen molar-refractivity contribution >= 4 is 23.4 Å². The van der Waals surface area contributed by atoms with Gasteiger partial charge in [-0.1, -0.05) is 0 Å². The van der Waals surface area contributed by atoms with Crippen LogP contribution in [0.5, 0.6) is 0 Å². The molecule has 1 saturated heterocycles. The highest BCUT2D eigenvalue weighted by Gasteiger charge is 2.25. The van der Waals surface area contributed by atoms with Crippen molar-refractivity contribution in [2.45, 2.75) is 31.8 Å². The van der Waals surface area contributed by atoms with Crippen LogP contribution in [0.3, 0.4) is 0 Å². The lowest BCUT2D eigenvalue weighted by molar-refractivity contribution is -0.384. The summed E-state index contributed by atoms with van der Waals surface area (Å²) in [6.45, 7) is 4.73. The van der Waals surface area contributed by atoms with Crippen LogP contribution < -0.4 is 10.6 Å². The van der Waals surface area contributed by atoms with E-state index in [1.54, 1.807) is 12.1 Å². The van der Waals surface area contributed by atoms with Gasteiger partial charge in [0.1, 0.15) is 0 Å². The summed E-state index contributed by atoms with van der Waals surface area (Å²) in [6, 6.07) is 6.51. The Labute approximate surface area is 134 Å². The first-order valence-corrected chi connectivity index (χ1v) is 8.41. The zero-order valence-corrected chi connectivity index (χ0v) is 13.6. The molecular weight excluding hydrogens is 302 g/mol. The predicted molar refractivity (Wildman–Crippen MR) is 88.0 cm³/mol. The zero-order valence-electron chi connectivity index (χ0n) is 12.8. The van der Waals surface area contributed by atoms with Crippen molar-refractivity contribution < 1.29 is 9.72 Å². The molecule has 0 spiro atoms. The van der Waals surface area contributed by atoms with Crippen molar-refractivity contribution in [2.24, 2.45) is 0 Å². The van der Waals surface area contributed by atoms with Crippen molar-refractivity contribution in [3.63, 3.8) is 0 Å². The molecule has 1 unspecified atom stereocenters. The lowest BCUT2D eigenvalue weighted by Crippen LogP contribution is -2.46. The van der Waals surface area contributed by atoms with Gasteiger partial charge in [-0.05, 0) is 31.5 Å². The third kappa shape index (κ3) is 4.45. The Balaban J connectivity index is 1.96. The van der Waals surface area contributed by atoms with E-state index in [1.807, 2.05) is 25.6 Å². The van der Waals surface area contributed by atoms with Crippen molar-refractivity contribution in [3.8, 4) is 0 Å². The van der Waals surface area contributed by atoms with Gasteiger partial charge in [-0.3, -0.25) is 14.9 Å². The fourth-order valence-electron chi connectivity index (χ4n) is 2.45. The number of benzene rings is 1. The summed E-state index contributed by atoms with van der Waals surface area (Å²) < 4.78 is 0. The summed E-state index contributed by atoms with van der Waals surface area (Å²) in [5, 5.41) is 17.0. The Hall–Kier alpha value is -1.60. The molecule has 0 aliphatic carbocycles. The van der Waals surface area contributed by atoms with Crippen LogP contribution in [0.25, 0.3) is 0 Å². The number of thioether (sulfide) groups is 1. The average molecular weight is 323 g/mol. The van der Waals surface area contributed by atoms with Gasteiger partial charge in [0.2, 0.25) is 5.91 Å². The largest absolute Gasteiger partial charge is 0.347 e. The highest BCUT2D eigenvalue weighted by Crippen LogP contribution is 2.23. The van der Waals surface area contributed by atoms with Gasteiger partial charge >= 0.3 is 0 Å². The molecule has 0 radical (unpaired) electrons. The molecule has 0 aromatic heterocycles. The summed E-state index contributed by atoms with van der Waals surface area (Å²) in [5.74, 6) is 2.03. The molecule has 0 bridgehead atoms. The maximum absolute atomic E-state index is 12.2. The van der Waals surface area contributed by atoms with Crippen molar-refractivity contribution in [3.05, 3.63) is 39.9 Å². The van der Waals surface area contributed by atoms with Crippen LogP contribution in [0, 0.1) is 10.1 Å². The Morgan fingerprint density at radius 1 is 1.45 bits per heavy atom. The minimum atomic E-state index is -0.561. The number of rotatable bonds is 5. The van der Waals surface area contributed by atoms with Crippen molar-refractivity contribution in [2.75, 3.05) is 18.1 Å². The van der Waals surface area contributed by atoms with Gasteiger partial charge in [0, 0.05) is 42.6 Å². The first-order valence-electron chi connectivity index (χ1n) is 7.25. The first-order chi connectivity index (χ1) is 10.4. The van der Waals surface area contributed by atoms with Crippen LogP contribution in [0.2, 0.25) is 0 Å². The third-order valence-electron chi connectivity index (χ3n) is 3.68. The highest BCUT2D eigenvalue weighted by molar-refractivity contribution is 7.99. The zero-order chi connectivity index (χ0) is 16.2. The molecule has 1 fully saturated rings. The molecule has 1 aliphatic rings. The fraction of sp³-hybridized carbons (Fsp3) is 0.533. The van der Waals surface area contributed by atoms with Crippen LogP contribution >= 0.6 is 11.8 Å². The van der Waals surface area contributed by atoms with E-state index in [0.717, 1.165) is 23.6 Å². The molecule has 22 heavy (non-hydrogen) atoms. The van der Waals surface area contributed by atoms with Crippen molar-refractivity contribution in [1.29, 1.82) is 0 Å². The molecule has 1 aliphatic heterocycles. The van der Waals surface area contributed by atoms with Crippen LogP contribution in [-0.4, -0.2) is 34.9 Å². The van der Waals surface area contributed by atoms with E-state index in [4.69, 9.17) is 0 Å². The second-order valence-corrected chi connectivity index (χ2v) is 7.06. The molecule has 1 heterocycles. The maximum atomic E-state index is 12.2. The second-order valence-electron chi connectivity index (χ2n) is 5.91. The molecule has 1 aromatic carbocycles. The van der Waals surface area contributed by atoms with E-state index >= 15 is 0 Å². The summed E-state index contributed by atoms with van der Waals surface area (Å²) in [7, 11) is 0. The molecule has 7 heteroatoms. The summed E-state index contributed by atoms with van der Waals surface area (Å²) in [4.78, 5) is 22.5.